The molecule has 0 aromatic rings. The van der Waals surface area contributed by atoms with Crippen molar-refractivity contribution in [3.8, 4) is 0 Å². The van der Waals surface area contributed by atoms with E-state index in [9.17, 15) is 0 Å². The van der Waals surface area contributed by atoms with Crippen LogP contribution in [0.25, 0.3) is 0 Å². The highest BCUT2D eigenvalue weighted by molar-refractivity contribution is 5.85. The van der Waals surface area contributed by atoms with Gasteiger partial charge in [-0.1, -0.05) is 11.6 Å². The van der Waals surface area contributed by atoms with Crippen LogP contribution in [0.15, 0.2) is 11.6 Å². The third kappa shape index (κ3) is 1.81. The van der Waals surface area contributed by atoms with Gasteiger partial charge in [-0.25, -0.2) is 0 Å². The summed E-state index contributed by atoms with van der Waals surface area (Å²) in [6, 6.07) is 0. The molecule has 0 spiro atoms. The molecule has 0 nitrogen and oxygen atoms in total. The van der Waals surface area contributed by atoms with Crippen LogP contribution in [0.5, 0.6) is 0 Å². The maximum Gasteiger partial charge on any atom is -0.0139 e. The van der Waals surface area contributed by atoms with Crippen molar-refractivity contribution in [3.05, 3.63) is 11.6 Å². The molecule has 0 aliphatic heterocycles. The van der Waals surface area contributed by atoms with Gasteiger partial charge >= 0.3 is 0 Å². The minimum Gasteiger partial charge on any atom is -0.147 e. The SMILES string of the molecule is CC1=CC1.Cl. The monoisotopic (exact) mass is 90.0 g/mol. The van der Waals surface area contributed by atoms with Crippen molar-refractivity contribution in [1.82, 2.24) is 0 Å². The Kier molecular flexibility index (Phi) is 1.47. The Hall–Kier alpha value is 0.0300. The van der Waals surface area contributed by atoms with E-state index in [0.29, 0.717) is 0 Å². The first-order valence-corrected chi connectivity index (χ1v) is 1.55. The molecule has 1 aliphatic carbocycles. The van der Waals surface area contributed by atoms with Crippen LogP contribution >= 0.6 is 12.4 Å². The summed E-state index contributed by atoms with van der Waals surface area (Å²) >= 11 is 0. The topological polar surface area (TPSA) is 0 Å². The minimum absolute atomic E-state index is 0. The van der Waals surface area contributed by atoms with Gasteiger partial charge in [0.05, 0.1) is 0 Å². The van der Waals surface area contributed by atoms with Crippen molar-refractivity contribution < 1.29 is 0 Å². The predicted octanol–water partition coefficient (Wildman–Crippen LogP) is 1.76. The first kappa shape index (κ1) is 5.03. The second-order valence-corrected chi connectivity index (χ2v) is 1.25. The maximum absolute atomic E-state index is 2.21. The van der Waals surface area contributed by atoms with Crippen molar-refractivity contribution in [2.45, 2.75) is 13.3 Å². The minimum atomic E-state index is 0. The van der Waals surface area contributed by atoms with Gasteiger partial charge in [0.2, 0.25) is 0 Å². The van der Waals surface area contributed by atoms with Gasteiger partial charge in [0, 0.05) is 0 Å². The molecule has 1 heteroatoms. The molecule has 0 saturated carbocycles. The highest BCUT2D eigenvalue weighted by Gasteiger charge is 1.94. The number of allylic oxidation sites excluding steroid dienone is 2. The Morgan fingerprint density at radius 1 is 1.80 bits per heavy atom. The summed E-state index contributed by atoms with van der Waals surface area (Å²) in [5, 5.41) is 0. The van der Waals surface area contributed by atoms with E-state index in [1.807, 2.05) is 0 Å². The summed E-state index contributed by atoms with van der Waals surface area (Å²) < 4.78 is 0. The molecule has 0 N–H and O–H groups in total. The average Bonchev–Trinajstić information content (AvgIpc) is 1.75. The van der Waals surface area contributed by atoms with E-state index in [-0.39, 0.29) is 12.4 Å². The Balaban J connectivity index is 0.000000160. The number of rotatable bonds is 0. The molecule has 5 heavy (non-hydrogen) atoms. The van der Waals surface area contributed by atoms with Crippen LogP contribution in [0.4, 0.5) is 0 Å². The molecule has 0 saturated heterocycles. The van der Waals surface area contributed by atoms with E-state index in [4.69, 9.17) is 0 Å². The van der Waals surface area contributed by atoms with Crippen LogP contribution in [-0.2, 0) is 0 Å². The lowest BCUT2D eigenvalue weighted by atomic mass is 10.6. The van der Waals surface area contributed by atoms with E-state index in [1.165, 1.54) is 6.42 Å². The number of hydrogen-bond donors (Lipinski definition) is 0. The van der Waals surface area contributed by atoms with E-state index in [1.54, 1.807) is 5.57 Å². The number of hydrogen-bond acceptors (Lipinski definition) is 0. The second kappa shape index (κ2) is 1.46. The van der Waals surface area contributed by atoms with E-state index < -0.39 is 0 Å². The Morgan fingerprint density at radius 3 is 2.00 bits per heavy atom. The lowest BCUT2D eigenvalue weighted by molar-refractivity contribution is 1.48. The maximum atomic E-state index is 2.21. The summed E-state index contributed by atoms with van der Waals surface area (Å²) in [6.45, 7) is 2.14. The largest absolute Gasteiger partial charge is 0.147 e. The highest BCUT2D eigenvalue weighted by Crippen LogP contribution is 2.14. The summed E-state index contributed by atoms with van der Waals surface area (Å²) in [5.74, 6) is 0. The summed E-state index contributed by atoms with van der Waals surface area (Å²) in [6.07, 6.45) is 3.49. The van der Waals surface area contributed by atoms with Gasteiger partial charge in [-0.05, 0) is 13.3 Å². The van der Waals surface area contributed by atoms with Crippen molar-refractivity contribution >= 4 is 12.4 Å². The number of halogens is 1. The Bertz CT molecular complexity index is 54.7. The van der Waals surface area contributed by atoms with Gasteiger partial charge in [-0.2, -0.15) is 0 Å². The zero-order valence-corrected chi connectivity index (χ0v) is 4.01. The van der Waals surface area contributed by atoms with Crippen LogP contribution in [-0.4, -0.2) is 0 Å². The molecule has 1 rings (SSSR count). The van der Waals surface area contributed by atoms with Gasteiger partial charge < -0.3 is 0 Å². The smallest absolute Gasteiger partial charge is 0.0139 e. The molecule has 0 atom stereocenters. The molecule has 0 fully saturated rings. The van der Waals surface area contributed by atoms with Crippen LogP contribution in [0, 0.1) is 0 Å². The Labute approximate surface area is 38.3 Å². The zero-order chi connectivity index (χ0) is 2.99. The van der Waals surface area contributed by atoms with Crippen LogP contribution in [0.2, 0.25) is 0 Å². The van der Waals surface area contributed by atoms with Crippen LogP contribution < -0.4 is 0 Å². The van der Waals surface area contributed by atoms with E-state index in [2.05, 4.69) is 13.0 Å². The normalized spacial score (nSPS) is 15.8. The van der Waals surface area contributed by atoms with Crippen LogP contribution in [0.3, 0.4) is 0 Å². The van der Waals surface area contributed by atoms with Gasteiger partial charge in [0.25, 0.3) is 0 Å². The summed E-state index contributed by atoms with van der Waals surface area (Å²) in [7, 11) is 0. The van der Waals surface area contributed by atoms with Gasteiger partial charge in [-0.3, -0.25) is 0 Å². The fraction of sp³-hybridized carbons (Fsp3) is 0.500. The fourth-order valence-corrected chi connectivity index (χ4v) is 0.102. The lowest BCUT2D eigenvalue weighted by Crippen LogP contribution is -1.26. The zero-order valence-electron chi connectivity index (χ0n) is 3.19. The highest BCUT2D eigenvalue weighted by atomic mass is 35.5. The van der Waals surface area contributed by atoms with Crippen molar-refractivity contribution in [2.24, 2.45) is 0 Å². The molecule has 0 bridgehead atoms. The van der Waals surface area contributed by atoms with Crippen molar-refractivity contribution in [2.75, 3.05) is 0 Å². The van der Waals surface area contributed by atoms with E-state index in [0.717, 1.165) is 0 Å². The third-order valence-corrected chi connectivity index (χ3v) is 0.612. The standard InChI is InChI=1S/C4H6.ClH/c1-4-2-3-4;/h2H,3H2,1H3;1H. The van der Waals surface area contributed by atoms with Gasteiger partial charge in [0.1, 0.15) is 0 Å². The first-order chi connectivity index (χ1) is 1.89. The molecular formula is C4H7Cl. The molecule has 0 heterocycles. The van der Waals surface area contributed by atoms with Gasteiger partial charge in [-0.15, -0.1) is 12.4 Å². The fourth-order valence-electron chi connectivity index (χ4n) is 0.102. The predicted molar refractivity (Wildman–Crippen MR) is 25.6 cm³/mol. The molecule has 0 radical (unpaired) electrons. The lowest BCUT2D eigenvalue weighted by Gasteiger charge is -1.47. The van der Waals surface area contributed by atoms with E-state index >= 15 is 0 Å². The summed E-state index contributed by atoms with van der Waals surface area (Å²) in [5.41, 5.74) is 1.54. The second-order valence-electron chi connectivity index (χ2n) is 1.25. The Morgan fingerprint density at radius 2 is 2.00 bits per heavy atom. The summed E-state index contributed by atoms with van der Waals surface area (Å²) in [4.78, 5) is 0. The average molecular weight is 90.6 g/mol. The van der Waals surface area contributed by atoms with Gasteiger partial charge in [0.15, 0.2) is 0 Å². The first-order valence-electron chi connectivity index (χ1n) is 1.55. The molecule has 1 aliphatic rings. The third-order valence-electron chi connectivity index (χ3n) is 0.612. The van der Waals surface area contributed by atoms with Crippen LogP contribution in [0.1, 0.15) is 13.3 Å². The molecule has 30 valence electrons. The molecule has 0 aromatic carbocycles. The van der Waals surface area contributed by atoms with Crippen molar-refractivity contribution in [3.63, 3.8) is 0 Å². The molecule has 0 amide bonds. The quantitative estimate of drug-likeness (QED) is 0.398. The molecule has 0 unspecified atom stereocenters. The molecular weight excluding hydrogens is 83.5 g/mol. The van der Waals surface area contributed by atoms with Crippen molar-refractivity contribution in [1.29, 1.82) is 0 Å². The molecule has 0 aromatic heterocycles.